The minimum Gasteiger partial charge on any atom is -0.497 e. The van der Waals surface area contributed by atoms with E-state index in [9.17, 15) is 4.79 Å². The van der Waals surface area contributed by atoms with E-state index in [0.717, 1.165) is 11.3 Å². The van der Waals surface area contributed by atoms with Crippen LogP contribution < -0.4 is 9.47 Å². The summed E-state index contributed by atoms with van der Waals surface area (Å²) in [5.41, 5.74) is 0.891. The summed E-state index contributed by atoms with van der Waals surface area (Å²) in [5.74, 6) is 1.20. The highest BCUT2D eigenvalue weighted by molar-refractivity contribution is 5.73. The van der Waals surface area contributed by atoms with Crippen molar-refractivity contribution in [2.24, 2.45) is 0 Å². The summed E-state index contributed by atoms with van der Waals surface area (Å²) in [6.45, 7) is 2.19. The number of hydrogen-bond donors (Lipinski definition) is 0. The first kappa shape index (κ1) is 14.1. The van der Waals surface area contributed by atoms with Gasteiger partial charge in [-0.05, 0) is 19.1 Å². The van der Waals surface area contributed by atoms with Gasteiger partial charge in [0.15, 0.2) is 0 Å². The second-order valence-corrected chi connectivity index (χ2v) is 3.52. The van der Waals surface area contributed by atoms with Gasteiger partial charge in [-0.25, -0.2) is 0 Å². The summed E-state index contributed by atoms with van der Waals surface area (Å²) in [5, 5.41) is 0. The summed E-state index contributed by atoms with van der Waals surface area (Å²) < 4.78 is 15.2. The van der Waals surface area contributed by atoms with Gasteiger partial charge in [-0.15, -0.1) is 0 Å². The van der Waals surface area contributed by atoms with Gasteiger partial charge in [-0.1, -0.05) is 12.2 Å². The third kappa shape index (κ3) is 4.13. The molecule has 0 N–H and O–H groups in total. The molecule has 0 radical (unpaired) electrons. The van der Waals surface area contributed by atoms with Crippen LogP contribution in [0.2, 0.25) is 0 Å². The molecular formula is C14H18O4. The van der Waals surface area contributed by atoms with Gasteiger partial charge in [-0.2, -0.15) is 0 Å². The van der Waals surface area contributed by atoms with E-state index in [1.165, 1.54) is 0 Å². The quantitative estimate of drug-likeness (QED) is 0.728. The van der Waals surface area contributed by atoms with E-state index in [1.807, 2.05) is 18.2 Å². The molecule has 0 saturated heterocycles. The van der Waals surface area contributed by atoms with Crippen molar-refractivity contribution >= 4 is 12.0 Å². The first-order valence-electron chi connectivity index (χ1n) is 5.75. The Labute approximate surface area is 107 Å². The van der Waals surface area contributed by atoms with Crippen LogP contribution in [0.15, 0.2) is 24.3 Å². The number of rotatable bonds is 6. The number of carbonyl (C=O) groups excluding carboxylic acids is 1. The average molecular weight is 250 g/mol. The maximum atomic E-state index is 11.2. The largest absolute Gasteiger partial charge is 0.497 e. The molecule has 0 spiro atoms. The second-order valence-electron chi connectivity index (χ2n) is 3.52. The zero-order valence-electron chi connectivity index (χ0n) is 10.9. The topological polar surface area (TPSA) is 44.8 Å². The molecule has 18 heavy (non-hydrogen) atoms. The lowest BCUT2D eigenvalue weighted by Gasteiger charge is -2.07. The van der Waals surface area contributed by atoms with Gasteiger partial charge < -0.3 is 14.2 Å². The minimum atomic E-state index is -0.235. The smallest absolute Gasteiger partial charge is 0.309 e. The molecule has 1 rings (SSSR count). The summed E-state index contributed by atoms with van der Waals surface area (Å²) in [7, 11) is 3.20. The molecule has 0 bridgehead atoms. The molecule has 0 amide bonds. The highest BCUT2D eigenvalue weighted by Gasteiger charge is 2.02. The second kappa shape index (κ2) is 7.37. The predicted octanol–water partition coefficient (Wildman–Crippen LogP) is 2.67. The molecule has 1 aromatic rings. The zero-order valence-corrected chi connectivity index (χ0v) is 10.9. The Hall–Kier alpha value is -1.97. The van der Waals surface area contributed by atoms with Crippen molar-refractivity contribution in [3.05, 3.63) is 29.8 Å². The maximum absolute atomic E-state index is 11.2. The van der Waals surface area contributed by atoms with Gasteiger partial charge in [-0.3, -0.25) is 4.79 Å². The third-order valence-corrected chi connectivity index (χ3v) is 2.33. The first-order valence-corrected chi connectivity index (χ1v) is 5.75. The fourth-order valence-corrected chi connectivity index (χ4v) is 1.46. The summed E-state index contributed by atoms with van der Waals surface area (Å²) in [6.07, 6.45) is 3.83. The van der Waals surface area contributed by atoms with Crippen LogP contribution in [0, 0.1) is 0 Å². The van der Waals surface area contributed by atoms with E-state index >= 15 is 0 Å². The molecule has 4 heteroatoms. The van der Waals surface area contributed by atoms with Crippen molar-refractivity contribution in [1.29, 1.82) is 0 Å². The Kier molecular flexibility index (Phi) is 5.77. The van der Waals surface area contributed by atoms with Gasteiger partial charge in [0.1, 0.15) is 11.5 Å². The summed E-state index contributed by atoms with van der Waals surface area (Å²) >= 11 is 0. The number of methoxy groups -OCH3 is 2. The Bertz CT molecular complexity index is 424. The Morgan fingerprint density at radius 2 is 2.06 bits per heavy atom. The van der Waals surface area contributed by atoms with E-state index in [1.54, 1.807) is 33.3 Å². The van der Waals surface area contributed by atoms with Crippen LogP contribution in [0.1, 0.15) is 18.9 Å². The molecule has 4 nitrogen and oxygen atoms in total. The van der Waals surface area contributed by atoms with Gasteiger partial charge in [0.05, 0.1) is 27.2 Å². The molecule has 98 valence electrons. The normalized spacial score (nSPS) is 10.4. The number of benzene rings is 1. The number of hydrogen-bond acceptors (Lipinski definition) is 4. The highest BCUT2D eigenvalue weighted by atomic mass is 16.5. The minimum absolute atomic E-state index is 0.235. The van der Waals surface area contributed by atoms with E-state index in [-0.39, 0.29) is 12.4 Å². The van der Waals surface area contributed by atoms with Gasteiger partial charge in [0, 0.05) is 11.6 Å². The molecule has 0 heterocycles. The number of carbonyl (C=O) groups is 1. The monoisotopic (exact) mass is 250 g/mol. The Balaban J connectivity index is 2.71. The lowest BCUT2D eigenvalue weighted by molar-refractivity contribution is -0.142. The van der Waals surface area contributed by atoms with Crippen molar-refractivity contribution in [2.75, 3.05) is 20.8 Å². The van der Waals surface area contributed by atoms with E-state index in [4.69, 9.17) is 14.2 Å². The van der Waals surface area contributed by atoms with Crippen LogP contribution in [0.5, 0.6) is 11.5 Å². The first-order chi connectivity index (χ1) is 8.71. The molecule has 0 unspecified atom stereocenters. The van der Waals surface area contributed by atoms with Crippen molar-refractivity contribution < 1.29 is 19.0 Å². The fourth-order valence-electron chi connectivity index (χ4n) is 1.46. The molecular weight excluding hydrogens is 232 g/mol. The number of esters is 1. The van der Waals surface area contributed by atoms with Crippen LogP contribution >= 0.6 is 0 Å². The summed E-state index contributed by atoms with van der Waals surface area (Å²) in [6, 6.07) is 5.51. The molecule has 1 aromatic carbocycles. The standard InChI is InChI=1S/C14H18O4/c1-4-18-14(15)7-5-6-11-8-9-12(16-2)10-13(11)17-3/h5-6,8-10H,4,7H2,1-3H3. The van der Waals surface area contributed by atoms with Gasteiger partial charge in [0.2, 0.25) is 0 Å². The van der Waals surface area contributed by atoms with Gasteiger partial charge >= 0.3 is 5.97 Å². The number of ether oxygens (including phenoxy) is 3. The average Bonchev–Trinajstić information content (AvgIpc) is 2.39. The predicted molar refractivity (Wildman–Crippen MR) is 69.8 cm³/mol. The molecule has 0 aromatic heterocycles. The molecule has 0 fully saturated rings. The van der Waals surface area contributed by atoms with Crippen LogP contribution in [0.4, 0.5) is 0 Å². The molecule has 0 saturated carbocycles. The van der Waals surface area contributed by atoms with Gasteiger partial charge in [0.25, 0.3) is 0 Å². The Morgan fingerprint density at radius 3 is 2.67 bits per heavy atom. The van der Waals surface area contributed by atoms with Crippen LogP contribution in [0.25, 0.3) is 6.08 Å². The highest BCUT2D eigenvalue weighted by Crippen LogP contribution is 2.25. The lowest BCUT2D eigenvalue weighted by Crippen LogP contribution is -2.01. The van der Waals surface area contributed by atoms with E-state index in [0.29, 0.717) is 12.4 Å². The third-order valence-electron chi connectivity index (χ3n) is 2.33. The maximum Gasteiger partial charge on any atom is 0.309 e. The summed E-state index contributed by atoms with van der Waals surface area (Å²) in [4.78, 5) is 11.2. The van der Waals surface area contributed by atoms with Crippen molar-refractivity contribution in [2.45, 2.75) is 13.3 Å². The molecule has 0 atom stereocenters. The lowest BCUT2D eigenvalue weighted by atomic mass is 10.1. The van der Waals surface area contributed by atoms with Crippen molar-refractivity contribution in [3.8, 4) is 11.5 Å². The zero-order chi connectivity index (χ0) is 13.4. The van der Waals surface area contributed by atoms with Crippen molar-refractivity contribution in [3.63, 3.8) is 0 Å². The van der Waals surface area contributed by atoms with Crippen molar-refractivity contribution in [1.82, 2.24) is 0 Å². The Morgan fingerprint density at radius 1 is 1.28 bits per heavy atom. The van der Waals surface area contributed by atoms with Crippen LogP contribution in [-0.4, -0.2) is 26.8 Å². The fraction of sp³-hybridized carbons (Fsp3) is 0.357. The van der Waals surface area contributed by atoms with Crippen LogP contribution in [-0.2, 0) is 9.53 Å². The molecule has 0 aliphatic heterocycles. The van der Waals surface area contributed by atoms with Crippen LogP contribution in [0.3, 0.4) is 0 Å². The molecule has 0 aliphatic carbocycles. The van der Waals surface area contributed by atoms with E-state index in [2.05, 4.69) is 0 Å². The molecule has 0 aliphatic rings. The SMILES string of the molecule is CCOC(=O)CC=Cc1ccc(OC)cc1OC. The van der Waals surface area contributed by atoms with E-state index < -0.39 is 0 Å².